The summed E-state index contributed by atoms with van der Waals surface area (Å²) in [5.41, 5.74) is 0.710. The third kappa shape index (κ3) is 4.82. The molecule has 0 saturated carbocycles. The summed E-state index contributed by atoms with van der Waals surface area (Å²) in [6.07, 6.45) is 2.53. The lowest BCUT2D eigenvalue weighted by atomic mass is 10.2. The van der Waals surface area contributed by atoms with Gasteiger partial charge in [-0.2, -0.15) is 5.10 Å². The molecule has 0 spiro atoms. The molecule has 1 heterocycles. The van der Waals surface area contributed by atoms with E-state index in [0.29, 0.717) is 0 Å². The Morgan fingerprint density at radius 2 is 2.04 bits per heavy atom. The summed E-state index contributed by atoms with van der Waals surface area (Å²) in [4.78, 5) is 23.3. The highest BCUT2D eigenvalue weighted by Crippen LogP contribution is 2.27. The minimum Gasteiger partial charge on any atom is -0.485 e. The van der Waals surface area contributed by atoms with E-state index in [9.17, 15) is 14.0 Å². The van der Waals surface area contributed by atoms with Crippen molar-refractivity contribution < 1.29 is 28.2 Å². The van der Waals surface area contributed by atoms with Crippen LogP contribution in [-0.2, 0) is 32.7 Å². The van der Waals surface area contributed by atoms with Crippen molar-refractivity contribution in [3.8, 4) is 5.75 Å². The van der Waals surface area contributed by atoms with Gasteiger partial charge < -0.3 is 19.5 Å². The predicted molar refractivity (Wildman–Crippen MR) is 89.7 cm³/mol. The standard InChI is InChI=1S/C17H18FN3O5/c1-21-12(6-7-19-21)10-26-15-5-4-11(18)8-13(15)20-14(17(23)25-3)9-16(22)24-2/h4-9,20H,10H2,1-3H3/b14-9+. The van der Waals surface area contributed by atoms with E-state index in [1.165, 1.54) is 19.2 Å². The molecule has 2 rings (SSSR count). The van der Waals surface area contributed by atoms with Crippen LogP contribution in [0.5, 0.6) is 5.75 Å². The fourth-order valence-electron chi connectivity index (χ4n) is 2.00. The van der Waals surface area contributed by atoms with Crippen LogP contribution in [0.2, 0.25) is 0 Å². The summed E-state index contributed by atoms with van der Waals surface area (Å²) in [5, 5.41) is 6.68. The van der Waals surface area contributed by atoms with Gasteiger partial charge in [0, 0.05) is 19.3 Å². The molecule has 2 aromatic rings. The van der Waals surface area contributed by atoms with E-state index in [-0.39, 0.29) is 23.7 Å². The third-order valence-corrected chi connectivity index (χ3v) is 3.38. The lowest BCUT2D eigenvalue weighted by molar-refractivity contribution is -0.138. The van der Waals surface area contributed by atoms with E-state index in [1.807, 2.05) is 0 Å². The quantitative estimate of drug-likeness (QED) is 0.592. The molecule has 0 aliphatic rings. The van der Waals surface area contributed by atoms with Crippen LogP contribution in [0.15, 0.2) is 42.2 Å². The molecule has 0 radical (unpaired) electrons. The van der Waals surface area contributed by atoms with Crippen molar-refractivity contribution >= 4 is 17.6 Å². The van der Waals surface area contributed by atoms with Crippen LogP contribution in [0.4, 0.5) is 10.1 Å². The van der Waals surface area contributed by atoms with Gasteiger partial charge in [-0.05, 0) is 18.2 Å². The van der Waals surface area contributed by atoms with Gasteiger partial charge in [0.2, 0.25) is 0 Å². The SMILES string of the molecule is COC(=O)/C=C(/Nc1cc(F)ccc1OCc1ccnn1C)C(=O)OC. The van der Waals surface area contributed by atoms with E-state index < -0.39 is 17.8 Å². The Morgan fingerprint density at radius 3 is 2.65 bits per heavy atom. The maximum absolute atomic E-state index is 13.7. The number of carbonyl (C=O) groups excluding carboxylic acids is 2. The number of anilines is 1. The molecule has 0 aliphatic heterocycles. The molecule has 0 atom stereocenters. The molecule has 0 amide bonds. The minimum absolute atomic E-state index is 0.146. The number of hydrogen-bond donors (Lipinski definition) is 1. The van der Waals surface area contributed by atoms with Crippen molar-refractivity contribution in [1.82, 2.24) is 9.78 Å². The molecule has 0 aliphatic carbocycles. The van der Waals surface area contributed by atoms with Gasteiger partial charge in [0.15, 0.2) is 0 Å². The second kappa shape index (κ2) is 8.65. The molecule has 1 aromatic carbocycles. The monoisotopic (exact) mass is 363 g/mol. The van der Waals surface area contributed by atoms with Crippen LogP contribution in [0, 0.1) is 5.82 Å². The first kappa shape index (κ1) is 19.0. The molecule has 8 nitrogen and oxygen atoms in total. The number of halogens is 1. The second-order valence-electron chi connectivity index (χ2n) is 5.07. The van der Waals surface area contributed by atoms with Gasteiger partial charge in [-0.1, -0.05) is 0 Å². The highest BCUT2D eigenvalue weighted by Gasteiger charge is 2.16. The summed E-state index contributed by atoms with van der Waals surface area (Å²) in [7, 11) is 4.08. The van der Waals surface area contributed by atoms with Crippen LogP contribution in [-0.4, -0.2) is 35.9 Å². The first-order valence-electron chi connectivity index (χ1n) is 7.48. The Kier molecular flexibility index (Phi) is 6.31. The Hall–Kier alpha value is -3.36. The van der Waals surface area contributed by atoms with Gasteiger partial charge in [0.25, 0.3) is 0 Å². The van der Waals surface area contributed by atoms with Crippen molar-refractivity contribution in [3.05, 3.63) is 53.7 Å². The number of aromatic nitrogens is 2. The highest BCUT2D eigenvalue weighted by molar-refractivity contribution is 5.99. The Labute approximate surface area is 149 Å². The normalized spacial score (nSPS) is 11.0. The van der Waals surface area contributed by atoms with Crippen LogP contribution < -0.4 is 10.1 Å². The van der Waals surface area contributed by atoms with Crippen LogP contribution in [0.25, 0.3) is 0 Å². The molecule has 26 heavy (non-hydrogen) atoms. The summed E-state index contributed by atoms with van der Waals surface area (Å²) < 4.78 is 30.1. The van der Waals surface area contributed by atoms with Gasteiger partial charge in [-0.25, -0.2) is 14.0 Å². The first-order chi connectivity index (χ1) is 12.4. The average Bonchev–Trinajstić information content (AvgIpc) is 3.04. The maximum Gasteiger partial charge on any atom is 0.354 e. The topological polar surface area (TPSA) is 91.7 Å². The molecule has 0 saturated heterocycles. The van der Waals surface area contributed by atoms with E-state index >= 15 is 0 Å². The average molecular weight is 363 g/mol. The first-order valence-corrected chi connectivity index (χ1v) is 7.48. The Balaban J connectivity index is 2.27. The molecule has 1 aromatic heterocycles. The van der Waals surface area contributed by atoms with Crippen LogP contribution in [0.1, 0.15) is 5.69 Å². The number of esters is 2. The molecular weight excluding hydrogens is 345 g/mol. The fourth-order valence-corrected chi connectivity index (χ4v) is 2.00. The summed E-state index contributed by atoms with van der Waals surface area (Å²) >= 11 is 0. The zero-order valence-corrected chi connectivity index (χ0v) is 14.5. The number of nitrogens with zero attached hydrogens (tertiary/aromatic N) is 2. The number of hydrogen-bond acceptors (Lipinski definition) is 7. The molecule has 138 valence electrons. The Bertz CT molecular complexity index is 832. The smallest absolute Gasteiger partial charge is 0.354 e. The van der Waals surface area contributed by atoms with Crippen molar-refractivity contribution in [3.63, 3.8) is 0 Å². The van der Waals surface area contributed by atoms with Crippen LogP contribution in [0.3, 0.4) is 0 Å². The zero-order valence-electron chi connectivity index (χ0n) is 14.5. The van der Waals surface area contributed by atoms with Crippen molar-refractivity contribution in [1.29, 1.82) is 0 Å². The van der Waals surface area contributed by atoms with E-state index in [4.69, 9.17) is 4.74 Å². The van der Waals surface area contributed by atoms with Gasteiger partial charge in [0.1, 0.15) is 23.9 Å². The number of carbonyl (C=O) groups is 2. The van der Waals surface area contributed by atoms with E-state index in [1.54, 1.807) is 24.0 Å². The third-order valence-electron chi connectivity index (χ3n) is 3.38. The predicted octanol–water partition coefficient (Wildman–Crippen LogP) is 1.78. The van der Waals surface area contributed by atoms with Gasteiger partial charge in [0.05, 0.1) is 31.7 Å². The second-order valence-corrected chi connectivity index (χ2v) is 5.07. The van der Waals surface area contributed by atoms with E-state index in [0.717, 1.165) is 24.9 Å². The minimum atomic E-state index is -0.822. The number of aryl methyl sites for hydroxylation is 1. The molecule has 0 fully saturated rings. The molecule has 1 N–H and O–H groups in total. The number of nitrogens with one attached hydrogen (secondary N) is 1. The van der Waals surface area contributed by atoms with Crippen LogP contribution >= 0.6 is 0 Å². The largest absolute Gasteiger partial charge is 0.485 e. The number of benzene rings is 1. The Morgan fingerprint density at radius 1 is 1.27 bits per heavy atom. The van der Waals surface area contributed by atoms with Gasteiger partial charge >= 0.3 is 11.9 Å². The molecule has 9 heteroatoms. The number of methoxy groups -OCH3 is 2. The molecular formula is C17H18FN3O5. The number of rotatable bonds is 7. The lowest BCUT2D eigenvalue weighted by Crippen LogP contribution is -2.16. The van der Waals surface area contributed by atoms with E-state index in [2.05, 4.69) is 19.9 Å². The highest BCUT2D eigenvalue weighted by atomic mass is 19.1. The van der Waals surface area contributed by atoms with Crippen molar-refractivity contribution in [2.24, 2.45) is 7.05 Å². The number of ether oxygens (including phenoxy) is 3. The zero-order chi connectivity index (χ0) is 19.1. The summed E-state index contributed by atoms with van der Waals surface area (Å²) in [5.74, 6) is -1.88. The summed E-state index contributed by atoms with van der Waals surface area (Å²) in [6.45, 7) is 0.172. The van der Waals surface area contributed by atoms with Crippen molar-refractivity contribution in [2.75, 3.05) is 19.5 Å². The molecule has 0 bridgehead atoms. The maximum atomic E-state index is 13.7. The van der Waals surface area contributed by atoms with Gasteiger partial charge in [-0.3, -0.25) is 4.68 Å². The molecule has 0 unspecified atom stereocenters. The lowest BCUT2D eigenvalue weighted by Gasteiger charge is -2.14. The van der Waals surface area contributed by atoms with Crippen molar-refractivity contribution in [2.45, 2.75) is 6.61 Å². The van der Waals surface area contributed by atoms with Gasteiger partial charge in [-0.15, -0.1) is 0 Å². The fraction of sp³-hybridized carbons (Fsp3) is 0.235. The summed E-state index contributed by atoms with van der Waals surface area (Å²) in [6, 6.07) is 5.52.